The molecular formula is C9H13N5S. The highest BCUT2D eigenvalue weighted by molar-refractivity contribution is 7.10. The molecule has 3 N–H and O–H groups in total. The average molecular weight is 223 g/mol. The second kappa shape index (κ2) is 4.31. The van der Waals surface area contributed by atoms with Gasteiger partial charge in [0.15, 0.2) is 0 Å². The van der Waals surface area contributed by atoms with Gasteiger partial charge < -0.3 is 15.6 Å². The maximum atomic E-state index is 5.53. The van der Waals surface area contributed by atoms with Crippen LogP contribution in [0.25, 0.3) is 0 Å². The molecule has 2 aromatic rings. The van der Waals surface area contributed by atoms with Crippen molar-refractivity contribution < 1.29 is 0 Å². The number of nitrogens with one attached hydrogen (secondary N) is 1. The smallest absolute Gasteiger partial charge is 0.139 e. The van der Waals surface area contributed by atoms with Gasteiger partial charge in [-0.15, -0.1) is 0 Å². The molecular weight excluding hydrogens is 210 g/mol. The zero-order chi connectivity index (χ0) is 10.7. The van der Waals surface area contributed by atoms with E-state index in [4.69, 9.17) is 5.73 Å². The third-order valence-electron chi connectivity index (χ3n) is 1.96. The summed E-state index contributed by atoms with van der Waals surface area (Å²) in [4.78, 5) is 3.99. The van der Waals surface area contributed by atoms with Gasteiger partial charge >= 0.3 is 0 Å². The van der Waals surface area contributed by atoms with E-state index in [1.165, 1.54) is 11.5 Å². The predicted octanol–water partition coefficient (Wildman–Crippen LogP) is 1.42. The minimum absolute atomic E-state index is 0.319. The highest BCUT2D eigenvalue weighted by atomic mass is 32.1. The number of nitrogens with zero attached hydrogens (tertiary/aromatic N) is 3. The summed E-state index contributed by atoms with van der Waals surface area (Å²) in [5.74, 6) is 0.567. The highest BCUT2D eigenvalue weighted by Crippen LogP contribution is 2.18. The van der Waals surface area contributed by atoms with Gasteiger partial charge in [-0.3, -0.25) is 0 Å². The summed E-state index contributed by atoms with van der Waals surface area (Å²) in [7, 11) is 0. The molecule has 0 fully saturated rings. The fraction of sp³-hybridized carbons (Fsp3) is 0.333. The number of hydrogen-bond donors (Lipinski definition) is 2. The lowest BCUT2D eigenvalue weighted by molar-refractivity contribution is 0.620. The molecule has 0 radical (unpaired) electrons. The first-order valence-corrected chi connectivity index (χ1v) is 5.46. The third-order valence-corrected chi connectivity index (χ3v) is 2.70. The van der Waals surface area contributed by atoms with E-state index in [2.05, 4.69) is 21.6 Å². The molecule has 1 unspecified atom stereocenters. The van der Waals surface area contributed by atoms with Crippen LogP contribution >= 0.6 is 11.5 Å². The van der Waals surface area contributed by atoms with Crippen LogP contribution in [0.1, 0.15) is 6.92 Å². The molecule has 2 rings (SSSR count). The largest absolute Gasteiger partial charge is 0.383 e. The first kappa shape index (κ1) is 9.97. The Morgan fingerprint density at radius 1 is 1.67 bits per heavy atom. The van der Waals surface area contributed by atoms with Gasteiger partial charge in [0, 0.05) is 31.0 Å². The van der Waals surface area contributed by atoms with E-state index in [0.29, 0.717) is 11.9 Å². The quantitative estimate of drug-likeness (QED) is 0.822. The zero-order valence-corrected chi connectivity index (χ0v) is 9.24. The van der Waals surface area contributed by atoms with Crippen molar-refractivity contribution in [3.8, 4) is 0 Å². The maximum absolute atomic E-state index is 5.53. The normalized spacial score (nSPS) is 12.6. The van der Waals surface area contributed by atoms with Crippen LogP contribution in [-0.2, 0) is 6.54 Å². The standard InChI is InChI=1S/C9H13N5S/c1-7(5-14-3-2-11-6-14)12-9-4-8(10)13-15-9/h2-4,6-7,12H,5H2,1H3,(H2,10,13). The Labute approximate surface area is 92.1 Å². The highest BCUT2D eigenvalue weighted by Gasteiger charge is 2.04. The molecule has 2 aromatic heterocycles. The second-order valence-corrected chi connectivity index (χ2v) is 4.23. The topological polar surface area (TPSA) is 68.8 Å². The van der Waals surface area contributed by atoms with Crippen molar-refractivity contribution in [2.45, 2.75) is 19.5 Å². The summed E-state index contributed by atoms with van der Waals surface area (Å²) in [6.07, 6.45) is 5.52. The predicted molar refractivity (Wildman–Crippen MR) is 61.8 cm³/mol. The van der Waals surface area contributed by atoms with Crippen LogP contribution in [0.5, 0.6) is 0 Å². The van der Waals surface area contributed by atoms with Crippen LogP contribution in [0.2, 0.25) is 0 Å². The summed E-state index contributed by atoms with van der Waals surface area (Å²) < 4.78 is 6.03. The number of aromatic nitrogens is 3. The molecule has 5 nitrogen and oxygen atoms in total. The van der Waals surface area contributed by atoms with Gasteiger partial charge in [0.25, 0.3) is 0 Å². The van der Waals surface area contributed by atoms with E-state index < -0.39 is 0 Å². The monoisotopic (exact) mass is 223 g/mol. The van der Waals surface area contributed by atoms with Crippen LogP contribution in [0.15, 0.2) is 24.8 Å². The Kier molecular flexibility index (Phi) is 2.86. The minimum atomic E-state index is 0.319. The lowest BCUT2D eigenvalue weighted by Gasteiger charge is -2.13. The SMILES string of the molecule is CC(Cn1ccnc1)Nc1cc(N)ns1. The van der Waals surface area contributed by atoms with Gasteiger partial charge in [-0.1, -0.05) is 0 Å². The second-order valence-electron chi connectivity index (χ2n) is 3.42. The Morgan fingerprint density at radius 2 is 2.53 bits per heavy atom. The van der Waals surface area contributed by atoms with E-state index in [9.17, 15) is 0 Å². The molecule has 2 heterocycles. The fourth-order valence-electron chi connectivity index (χ4n) is 1.36. The molecule has 0 spiro atoms. The first-order valence-electron chi connectivity index (χ1n) is 4.68. The average Bonchev–Trinajstić information content (AvgIpc) is 2.77. The van der Waals surface area contributed by atoms with Crippen molar-refractivity contribution in [3.05, 3.63) is 24.8 Å². The summed E-state index contributed by atoms with van der Waals surface area (Å²) >= 11 is 1.38. The minimum Gasteiger partial charge on any atom is -0.383 e. The molecule has 6 heteroatoms. The molecule has 0 aromatic carbocycles. The van der Waals surface area contributed by atoms with Crippen molar-refractivity contribution in [1.82, 2.24) is 13.9 Å². The summed E-state index contributed by atoms with van der Waals surface area (Å²) in [5.41, 5.74) is 5.53. The van der Waals surface area contributed by atoms with Gasteiger partial charge in [-0.25, -0.2) is 4.98 Å². The van der Waals surface area contributed by atoms with Crippen LogP contribution in [0, 0.1) is 0 Å². The summed E-state index contributed by atoms with van der Waals surface area (Å²) in [6, 6.07) is 2.16. The first-order chi connectivity index (χ1) is 7.24. The van der Waals surface area contributed by atoms with Gasteiger partial charge in [0.1, 0.15) is 10.8 Å². The number of rotatable bonds is 4. The Hall–Kier alpha value is -1.56. The fourth-order valence-corrected chi connectivity index (χ4v) is 2.04. The van der Waals surface area contributed by atoms with Gasteiger partial charge in [-0.2, -0.15) is 4.37 Å². The number of nitrogen functional groups attached to an aromatic ring is 1. The van der Waals surface area contributed by atoms with Crippen molar-refractivity contribution in [3.63, 3.8) is 0 Å². The van der Waals surface area contributed by atoms with E-state index in [-0.39, 0.29) is 0 Å². The van der Waals surface area contributed by atoms with Crippen molar-refractivity contribution in [2.24, 2.45) is 0 Å². The van der Waals surface area contributed by atoms with E-state index in [0.717, 1.165) is 11.5 Å². The lowest BCUT2D eigenvalue weighted by Crippen LogP contribution is -2.20. The van der Waals surface area contributed by atoms with Gasteiger partial charge in [0.2, 0.25) is 0 Å². The van der Waals surface area contributed by atoms with Crippen LogP contribution in [-0.4, -0.2) is 20.0 Å². The van der Waals surface area contributed by atoms with Crippen LogP contribution in [0.4, 0.5) is 10.8 Å². The molecule has 0 aliphatic carbocycles. The van der Waals surface area contributed by atoms with Crippen LogP contribution in [0.3, 0.4) is 0 Å². The van der Waals surface area contributed by atoms with Gasteiger partial charge in [-0.05, 0) is 18.5 Å². The van der Waals surface area contributed by atoms with E-state index >= 15 is 0 Å². The third kappa shape index (κ3) is 2.69. The molecule has 0 aliphatic heterocycles. The number of nitrogens with two attached hydrogens (primary N) is 1. The van der Waals surface area contributed by atoms with Gasteiger partial charge in [0.05, 0.1) is 6.33 Å². The van der Waals surface area contributed by atoms with Crippen molar-refractivity contribution >= 4 is 22.4 Å². The van der Waals surface area contributed by atoms with E-state index in [1.54, 1.807) is 12.5 Å². The summed E-state index contributed by atoms with van der Waals surface area (Å²) in [6.45, 7) is 2.98. The van der Waals surface area contributed by atoms with Crippen molar-refractivity contribution in [1.29, 1.82) is 0 Å². The Morgan fingerprint density at radius 3 is 3.13 bits per heavy atom. The zero-order valence-electron chi connectivity index (χ0n) is 8.42. The molecule has 0 saturated heterocycles. The van der Waals surface area contributed by atoms with E-state index in [1.807, 2.05) is 16.8 Å². The molecule has 0 saturated carbocycles. The Bertz CT molecular complexity index is 408. The number of hydrogen-bond acceptors (Lipinski definition) is 5. The number of imidazole rings is 1. The maximum Gasteiger partial charge on any atom is 0.139 e. The number of anilines is 2. The molecule has 80 valence electrons. The lowest BCUT2D eigenvalue weighted by atomic mass is 10.3. The molecule has 1 atom stereocenters. The molecule has 0 amide bonds. The van der Waals surface area contributed by atoms with Crippen molar-refractivity contribution in [2.75, 3.05) is 11.1 Å². The molecule has 15 heavy (non-hydrogen) atoms. The molecule has 0 bridgehead atoms. The Balaban J connectivity index is 1.90. The summed E-state index contributed by atoms with van der Waals surface area (Å²) in [5, 5.41) is 4.33. The molecule has 0 aliphatic rings. The van der Waals surface area contributed by atoms with Crippen LogP contribution < -0.4 is 11.1 Å².